The monoisotopic (exact) mass is 263 g/mol. The van der Waals surface area contributed by atoms with Crippen molar-refractivity contribution in [2.24, 2.45) is 10.7 Å². The van der Waals surface area contributed by atoms with Crippen molar-refractivity contribution in [3.8, 4) is 0 Å². The highest BCUT2D eigenvalue weighted by molar-refractivity contribution is 6.28. The van der Waals surface area contributed by atoms with Gasteiger partial charge in [-0.3, -0.25) is 4.79 Å². The van der Waals surface area contributed by atoms with Crippen molar-refractivity contribution < 1.29 is 4.79 Å². The number of alkyl halides is 1. The van der Waals surface area contributed by atoms with Crippen LogP contribution < -0.4 is 5.73 Å². The number of nitrogens with zero attached hydrogens (tertiary/aromatic N) is 2. The maximum Gasteiger partial charge on any atom is 0.254 e. The molecule has 1 aromatic carbocycles. The molecule has 0 saturated heterocycles. The van der Waals surface area contributed by atoms with Gasteiger partial charge in [-0.2, -0.15) is 0 Å². The zero-order valence-electron chi connectivity index (χ0n) is 9.90. The van der Waals surface area contributed by atoms with Crippen molar-refractivity contribution in [1.29, 1.82) is 0 Å². The number of rotatable bonds is 3. The fourth-order valence-corrected chi connectivity index (χ4v) is 2.32. The van der Waals surface area contributed by atoms with Crippen LogP contribution in [0.4, 0.5) is 5.69 Å². The van der Waals surface area contributed by atoms with E-state index in [0.29, 0.717) is 17.6 Å². The molecule has 94 valence electrons. The Morgan fingerprint density at radius 2 is 2.28 bits per heavy atom. The predicted molar refractivity (Wildman–Crippen MR) is 71.3 cm³/mol. The number of amides is 1. The number of benzene rings is 1. The number of carbonyl (C=O) groups excluding carboxylic acids is 1. The summed E-state index contributed by atoms with van der Waals surface area (Å²) in [6.45, 7) is 0.730. The van der Waals surface area contributed by atoms with Crippen molar-refractivity contribution in [3.63, 3.8) is 0 Å². The molecule has 1 fully saturated rings. The highest BCUT2D eigenvalue weighted by Gasteiger charge is 2.38. The molecule has 0 bridgehead atoms. The fraction of sp³-hybridized carbons (Fsp3) is 0.385. The maximum atomic E-state index is 12.2. The molecule has 1 aromatic rings. The van der Waals surface area contributed by atoms with Crippen molar-refractivity contribution in [1.82, 2.24) is 4.90 Å². The van der Waals surface area contributed by atoms with Crippen LogP contribution in [0.5, 0.6) is 0 Å². The van der Waals surface area contributed by atoms with E-state index in [2.05, 4.69) is 4.99 Å². The van der Waals surface area contributed by atoms with Crippen LogP contribution in [0.25, 0.3) is 0 Å². The van der Waals surface area contributed by atoms with E-state index in [1.165, 1.54) is 0 Å². The maximum absolute atomic E-state index is 12.2. The molecule has 1 aliphatic heterocycles. The normalized spacial score (nSPS) is 19.3. The summed E-state index contributed by atoms with van der Waals surface area (Å²) < 4.78 is 0. The topological polar surface area (TPSA) is 58.7 Å². The van der Waals surface area contributed by atoms with E-state index in [-0.39, 0.29) is 11.8 Å². The molecule has 0 spiro atoms. The molecule has 5 heteroatoms. The molecule has 2 N–H and O–H groups in total. The van der Waals surface area contributed by atoms with Gasteiger partial charge in [0.05, 0.1) is 11.6 Å². The van der Waals surface area contributed by atoms with Crippen LogP contribution in [0, 0.1) is 0 Å². The Balaban J connectivity index is 1.91. The summed E-state index contributed by atoms with van der Waals surface area (Å²) in [5, 5.41) is 0. The molecule has 1 amide bonds. The highest BCUT2D eigenvalue weighted by atomic mass is 35.5. The third-order valence-corrected chi connectivity index (χ3v) is 3.60. The van der Waals surface area contributed by atoms with Crippen molar-refractivity contribution >= 4 is 29.0 Å². The number of fused-ring (bicyclic) bond motifs is 1. The molecular formula is C13H14ClN3O. The van der Waals surface area contributed by atoms with Crippen LogP contribution >= 0.6 is 11.6 Å². The van der Waals surface area contributed by atoms with Crippen LogP contribution in [0.15, 0.2) is 23.2 Å². The van der Waals surface area contributed by atoms with E-state index in [1.54, 1.807) is 6.07 Å². The number of aliphatic imine (C=N–C) groups is 1. The first-order valence-corrected chi connectivity index (χ1v) is 6.55. The van der Waals surface area contributed by atoms with Crippen LogP contribution in [-0.2, 0) is 6.54 Å². The first-order valence-electron chi connectivity index (χ1n) is 6.02. The lowest BCUT2D eigenvalue weighted by molar-refractivity contribution is 0.0766. The van der Waals surface area contributed by atoms with E-state index < -0.39 is 0 Å². The summed E-state index contributed by atoms with van der Waals surface area (Å²) in [5.41, 5.74) is 8.12. The number of hydrogen-bond donors (Lipinski definition) is 1. The molecule has 1 saturated carbocycles. The molecule has 2 aliphatic rings. The molecular weight excluding hydrogens is 250 g/mol. The lowest BCUT2D eigenvalue weighted by Gasteiger charge is -2.13. The largest absolute Gasteiger partial charge is 0.386 e. The molecule has 3 rings (SSSR count). The number of amidine groups is 1. The molecule has 4 nitrogen and oxygen atoms in total. The van der Waals surface area contributed by atoms with Gasteiger partial charge in [0.25, 0.3) is 5.91 Å². The van der Waals surface area contributed by atoms with E-state index >= 15 is 0 Å². The number of carbonyl (C=O) groups is 1. The second kappa shape index (κ2) is 4.28. The molecule has 0 atom stereocenters. The van der Waals surface area contributed by atoms with E-state index in [1.807, 2.05) is 17.0 Å². The van der Waals surface area contributed by atoms with Gasteiger partial charge in [-0.1, -0.05) is 6.07 Å². The fourth-order valence-electron chi connectivity index (χ4n) is 2.26. The average molecular weight is 264 g/mol. The summed E-state index contributed by atoms with van der Waals surface area (Å²) in [6, 6.07) is 6.09. The predicted octanol–water partition coefficient (Wildman–Crippen LogP) is 2.03. The lowest BCUT2D eigenvalue weighted by atomic mass is 10.1. The zero-order chi connectivity index (χ0) is 12.7. The minimum absolute atomic E-state index is 0.119. The van der Waals surface area contributed by atoms with Gasteiger partial charge < -0.3 is 10.6 Å². The summed E-state index contributed by atoms with van der Waals surface area (Å²) in [5.74, 6) is 0.675. The van der Waals surface area contributed by atoms with Crippen molar-refractivity contribution in [3.05, 3.63) is 29.3 Å². The average Bonchev–Trinajstić information content (AvgIpc) is 3.16. The number of halogens is 1. The van der Waals surface area contributed by atoms with Crippen LogP contribution in [0.1, 0.15) is 28.8 Å². The lowest BCUT2D eigenvalue weighted by Crippen LogP contribution is -2.25. The number of nitrogens with two attached hydrogens (primary N) is 1. The Morgan fingerprint density at radius 3 is 2.94 bits per heavy atom. The van der Waals surface area contributed by atoms with Gasteiger partial charge in [-0.25, -0.2) is 4.99 Å². The van der Waals surface area contributed by atoms with Gasteiger partial charge >= 0.3 is 0 Å². The second-order valence-electron chi connectivity index (χ2n) is 4.74. The summed E-state index contributed by atoms with van der Waals surface area (Å²) in [6.07, 6.45) is 2.26. The SMILES string of the molecule is NC(CCl)=Nc1ccc2c(c1)C(=O)N(C1CC1)C2. The molecule has 1 aliphatic carbocycles. The Morgan fingerprint density at radius 1 is 1.50 bits per heavy atom. The van der Waals surface area contributed by atoms with Gasteiger partial charge in [-0.05, 0) is 30.5 Å². The van der Waals surface area contributed by atoms with Gasteiger partial charge in [0, 0.05) is 18.2 Å². The first-order chi connectivity index (χ1) is 8.69. The number of hydrogen-bond acceptors (Lipinski definition) is 2. The van der Waals surface area contributed by atoms with Crippen molar-refractivity contribution in [2.45, 2.75) is 25.4 Å². The zero-order valence-corrected chi connectivity index (χ0v) is 10.7. The minimum atomic E-state index is 0.119. The van der Waals surface area contributed by atoms with Crippen LogP contribution in [-0.4, -0.2) is 28.6 Å². The van der Waals surface area contributed by atoms with Gasteiger partial charge in [0.15, 0.2) is 0 Å². The van der Waals surface area contributed by atoms with E-state index in [9.17, 15) is 4.79 Å². The highest BCUT2D eigenvalue weighted by Crippen LogP contribution is 2.35. The molecule has 18 heavy (non-hydrogen) atoms. The van der Waals surface area contributed by atoms with E-state index in [4.69, 9.17) is 17.3 Å². The Kier molecular flexibility index (Phi) is 2.74. The Labute approximate surface area is 110 Å². The standard InChI is InChI=1S/C13H14ClN3O/c14-6-12(15)16-9-2-1-8-7-17(10-3-4-10)13(18)11(8)5-9/h1-2,5,10H,3-4,6-7H2,(H2,15,16). The smallest absolute Gasteiger partial charge is 0.254 e. The Hall–Kier alpha value is -1.55. The summed E-state index contributed by atoms with van der Waals surface area (Å²) >= 11 is 5.59. The van der Waals surface area contributed by atoms with Gasteiger partial charge in [0.2, 0.25) is 0 Å². The van der Waals surface area contributed by atoms with Crippen LogP contribution in [0.3, 0.4) is 0 Å². The molecule has 0 aromatic heterocycles. The first kappa shape index (κ1) is 11.5. The minimum Gasteiger partial charge on any atom is -0.386 e. The third kappa shape index (κ3) is 1.97. The Bertz CT molecular complexity index is 537. The second-order valence-corrected chi connectivity index (χ2v) is 5.01. The van der Waals surface area contributed by atoms with Crippen molar-refractivity contribution in [2.75, 3.05) is 5.88 Å². The molecule has 1 heterocycles. The van der Waals surface area contributed by atoms with Crippen LogP contribution in [0.2, 0.25) is 0 Å². The quantitative estimate of drug-likeness (QED) is 0.515. The van der Waals surface area contributed by atoms with Gasteiger partial charge in [0.1, 0.15) is 5.84 Å². The third-order valence-electron chi connectivity index (χ3n) is 3.32. The van der Waals surface area contributed by atoms with E-state index in [0.717, 1.165) is 30.5 Å². The molecule has 0 radical (unpaired) electrons. The summed E-state index contributed by atoms with van der Waals surface area (Å²) in [7, 11) is 0. The summed E-state index contributed by atoms with van der Waals surface area (Å²) in [4.78, 5) is 18.3. The van der Waals surface area contributed by atoms with Gasteiger partial charge in [-0.15, -0.1) is 11.6 Å². The molecule has 0 unspecified atom stereocenters.